The van der Waals surface area contributed by atoms with E-state index in [4.69, 9.17) is 21.1 Å². The van der Waals surface area contributed by atoms with E-state index in [1.807, 2.05) is 12.1 Å². The first kappa shape index (κ1) is 16.8. The Hall–Kier alpha value is -0.610. The minimum absolute atomic E-state index is 0.335. The van der Waals surface area contributed by atoms with E-state index >= 15 is 0 Å². The van der Waals surface area contributed by atoms with Crippen LogP contribution in [0.3, 0.4) is 0 Å². The van der Waals surface area contributed by atoms with Crippen LogP contribution in [0, 0.1) is 0 Å². The molecule has 2 unspecified atom stereocenters. The molecule has 0 spiro atoms. The Balaban J connectivity index is 1.48. The SMILES string of the molecule is CC(Cc1ccc(Cl)cc1)NCCCOCC1CCCO1. The third kappa shape index (κ3) is 6.79. The van der Waals surface area contributed by atoms with Gasteiger partial charge < -0.3 is 14.8 Å². The minimum Gasteiger partial charge on any atom is -0.379 e. The van der Waals surface area contributed by atoms with Crippen LogP contribution in [0.1, 0.15) is 31.7 Å². The van der Waals surface area contributed by atoms with Crippen molar-refractivity contribution in [1.29, 1.82) is 0 Å². The van der Waals surface area contributed by atoms with Crippen LogP contribution in [0.4, 0.5) is 0 Å². The van der Waals surface area contributed by atoms with Gasteiger partial charge in [-0.1, -0.05) is 23.7 Å². The molecule has 0 saturated carbocycles. The van der Waals surface area contributed by atoms with Gasteiger partial charge in [0.2, 0.25) is 0 Å². The molecule has 1 aliphatic heterocycles. The molecule has 2 atom stereocenters. The van der Waals surface area contributed by atoms with Gasteiger partial charge in [0.1, 0.15) is 0 Å². The number of rotatable bonds is 9. The first-order valence-corrected chi connectivity index (χ1v) is 8.29. The summed E-state index contributed by atoms with van der Waals surface area (Å²) >= 11 is 5.89. The number of ether oxygens (including phenoxy) is 2. The summed E-state index contributed by atoms with van der Waals surface area (Å²) in [5, 5.41) is 4.32. The maximum atomic E-state index is 5.89. The minimum atomic E-state index is 0.335. The summed E-state index contributed by atoms with van der Waals surface area (Å²) in [6.45, 7) is 5.65. The molecule has 118 valence electrons. The Morgan fingerprint density at radius 1 is 1.38 bits per heavy atom. The number of halogens is 1. The highest BCUT2D eigenvalue weighted by molar-refractivity contribution is 6.30. The van der Waals surface area contributed by atoms with Gasteiger partial charge in [0.05, 0.1) is 12.7 Å². The molecule has 0 aliphatic carbocycles. The van der Waals surface area contributed by atoms with E-state index in [1.165, 1.54) is 12.0 Å². The van der Waals surface area contributed by atoms with Crippen molar-refractivity contribution in [3.8, 4) is 0 Å². The molecule has 0 bridgehead atoms. The summed E-state index contributed by atoms with van der Waals surface area (Å²) in [7, 11) is 0. The standard InChI is InChI=1S/C17H26ClNO2/c1-14(12-15-5-7-16(18)8-6-15)19-9-3-10-20-13-17-4-2-11-21-17/h5-8,14,17,19H,2-4,9-13H2,1H3. The molecule has 3 nitrogen and oxygen atoms in total. The van der Waals surface area contributed by atoms with Crippen molar-refractivity contribution in [1.82, 2.24) is 5.32 Å². The molecule has 21 heavy (non-hydrogen) atoms. The molecule has 1 aromatic rings. The highest BCUT2D eigenvalue weighted by Gasteiger charge is 2.14. The normalized spacial score (nSPS) is 19.8. The van der Waals surface area contributed by atoms with Gasteiger partial charge in [-0.05, 0) is 56.8 Å². The molecule has 4 heteroatoms. The van der Waals surface area contributed by atoms with Gasteiger partial charge in [0.25, 0.3) is 0 Å². The summed E-state index contributed by atoms with van der Waals surface area (Å²) in [5.41, 5.74) is 1.31. The lowest BCUT2D eigenvalue weighted by molar-refractivity contribution is 0.0165. The number of hydrogen-bond acceptors (Lipinski definition) is 3. The van der Waals surface area contributed by atoms with Crippen LogP contribution >= 0.6 is 11.6 Å². The zero-order chi connectivity index (χ0) is 14.9. The second kappa shape index (κ2) is 9.42. The molecule has 1 heterocycles. The van der Waals surface area contributed by atoms with Crippen molar-refractivity contribution in [3.05, 3.63) is 34.9 Å². The fourth-order valence-electron chi connectivity index (χ4n) is 2.56. The van der Waals surface area contributed by atoms with Crippen LogP contribution in [-0.4, -0.2) is 38.5 Å². The molecule has 1 aromatic carbocycles. The average molecular weight is 312 g/mol. The van der Waals surface area contributed by atoms with Crippen molar-refractivity contribution in [3.63, 3.8) is 0 Å². The van der Waals surface area contributed by atoms with Crippen LogP contribution in [0.25, 0.3) is 0 Å². The number of nitrogens with one attached hydrogen (secondary N) is 1. The van der Waals surface area contributed by atoms with Crippen LogP contribution in [-0.2, 0) is 15.9 Å². The lowest BCUT2D eigenvalue weighted by Gasteiger charge is -2.14. The van der Waals surface area contributed by atoms with Crippen molar-refractivity contribution in [2.75, 3.05) is 26.4 Å². The number of benzene rings is 1. The summed E-state index contributed by atoms with van der Waals surface area (Å²) in [6, 6.07) is 8.53. The van der Waals surface area contributed by atoms with Crippen LogP contribution in [0.15, 0.2) is 24.3 Å². The zero-order valence-corrected chi connectivity index (χ0v) is 13.6. The highest BCUT2D eigenvalue weighted by Crippen LogP contribution is 2.12. The van der Waals surface area contributed by atoms with Crippen molar-refractivity contribution < 1.29 is 9.47 Å². The molecule has 0 aromatic heterocycles. The summed E-state index contributed by atoms with van der Waals surface area (Å²) in [5.74, 6) is 0. The summed E-state index contributed by atoms with van der Waals surface area (Å²) < 4.78 is 11.2. The second-order valence-corrected chi connectivity index (χ2v) is 6.19. The first-order valence-electron chi connectivity index (χ1n) is 7.91. The van der Waals surface area contributed by atoms with E-state index in [-0.39, 0.29) is 0 Å². The van der Waals surface area contributed by atoms with Crippen LogP contribution in [0.2, 0.25) is 5.02 Å². The fourth-order valence-corrected chi connectivity index (χ4v) is 2.69. The molecule has 1 N–H and O–H groups in total. The van der Waals surface area contributed by atoms with E-state index in [2.05, 4.69) is 24.4 Å². The Kier molecular flexibility index (Phi) is 7.51. The largest absolute Gasteiger partial charge is 0.379 e. The van der Waals surface area contributed by atoms with Gasteiger partial charge in [-0.3, -0.25) is 0 Å². The molecule has 1 aliphatic rings. The quantitative estimate of drug-likeness (QED) is 0.709. The van der Waals surface area contributed by atoms with Gasteiger partial charge in [0.15, 0.2) is 0 Å². The van der Waals surface area contributed by atoms with Gasteiger partial charge in [0, 0.05) is 24.3 Å². The number of hydrogen-bond donors (Lipinski definition) is 1. The molecule has 1 fully saturated rings. The van der Waals surface area contributed by atoms with Gasteiger partial charge >= 0.3 is 0 Å². The third-order valence-corrected chi connectivity index (χ3v) is 3.99. The lowest BCUT2D eigenvalue weighted by atomic mass is 10.1. The molecule has 2 rings (SSSR count). The zero-order valence-electron chi connectivity index (χ0n) is 12.8. The van der Waals surface area contributed by atoms with E-state index in [0.29, 0.717) is 12.1 Å². The van der Waals surface area contributed by atoms with Crippen LogP contribution in [0.5, 0.6) is 0 Å². The van der Waals surface area contributed by atoms with Crippen LogP contribution < -0.4 is 5.32 Å². The molecular weight excluding hydrogens is 286 g/mol. The van der Waals surface area contributed by atoms with Gasteiger partial charge in [-0.2, -0.15) is 0 Å². The molecule has 0 amide bonds. The van der Waals surface area contributed by atoms with Crippen molar-refractivity contribution in [2.24, 2.45) is 0 Å². The topological polar surface area (TPSA) is 30.5 Å². The second-order valence-electron chi connectivity index (χ2n) is 5.75. The molecule has 1 saturated heterocycles. The van der Waals surface area contributed by atoms with Crippen molar-refractivity contribution >= 4 is 11.6 Å². The van der Waals surface area contributed by atoms with E-state index in [1.54, 1.807) is 0 Å². The Labute approximate surface area is 133 Å². The first-order chi connectivity index (χ1) is 10.2. The summed E-state index contributed by atoms with van der Waals surface area (Å²) in [6.07, 6.45) is 4.72. The highest BCUT2D eigenvalue weighted by atomic mass is 35.5. The Morgan fingerprint density at radius 3 is 2.90 bits per heavy atom. The Bertz CT molecular complexity index is 390. The molecular formula is C17H26ClNO2. The Morgan fingerprint density at radius 2 is 2.19 bits per heavy atom. The maximum Gasteiger partial charge on any atom is 0.0809 e. The maximum absolute atomic E-state index is 5.89. The van der Waals surface area contributed by atoms with Crippen molar-refractivity contribution in [2.45, 2.75) is 44.8 Å². The predicted octanol–water partition coefficient (Wildman–Crippen LogP) is 3.45. The van der Waals surface area contributed by atoms with E-state index in [9.17, 15) is 0 Å². The van der Waals surface area contributed by atoms with Gasteiger partial charge in [-0.15, -0.1) is 0 Å². The fraction of sp³-hybridized carbons (Fsp3) is 0.647. The smallest absolute Gasteiger partial charge is 0.0809 e. The molecule has 0 radical (unpaired) electrons. The van der Waals surface area contributed by atoms with E-state index in [0.717, 1.165) is 50.7 Å². The summed E-state index contributed by atoms with van der Waals surface area (Å²) in [4.78, 5) is 0. The predicted molar refractivity (Wildman–Crippen MR) is 87.0 cm³/mol. The third-order valence-electron chi connectivity index (χ3n) is 3.74. The monoisotopic (exact) mass is 311 g/mol. The van der Waals surface area contributed by atoms with Gasteiger partial charge in [-0.25, -0.2) is 0 Å². The van der Waals surface area contributed by atoms with E-state index < -0.39 is 0 Å². The lowest BCUT2D eigenvalue weighted by Crippen LogP contribution is -2.29. The average Bonchev–Trinajstić information content (AvgIpc) is 2.98.